The number of hydrogen-bond donors (Lipinski definition) is 1. The van der Waals surface area contributed by atoms with Gasteiger partial charge in [0.05, 0.1) is 0 Å². The van der Waals surface area contributed by atoms with Gasteiger partial charge in [-0.25, -0.2) is 14.4 Å². The van der Waals surface area contributed by atoms with Crippen molar-refractivity contribution in [1.29, 1.82) is 5.26 Å². The molecular formula is C12H9FN4. The van der Waals surface area contributed by atoms with E-state index < -0.39 is 0 Å². The van der Waals surface area contributed by atoms with E-state index >= 15 is 0 Å². The maximum atomic E-state index is 13.3. The van der Waals surface area contributed by atoms with Gasteiger partial charge in [0.2, 0.25) is 5.82 Å². The van der Waals surface area contributed by atoms with E-state index in [-0.39, 0.29) is 11.6 Å². The molecule has 1 aromatic heterocycles. The Balaban J connectivity index is 2.08. The van der Waals surface area contributed by atoms with E-state index in [1.54, 1.807) is 24.3 Å². The average Bonchev–Trinajstić information content (AvgIpc) is 2.38. The number of nitriles is 1. The second-order valence-corrected chi connectivity index (χ2v) is 3.32. The molecule has 0 saturated carbocycles. The molecule has 1 heterocycles. The van der Waals surface area contributed by atoms with Crippen molar-refractivity contribution in [2.45, 2.75) is 6.54 Å². The molecule has 0 aliphatic rings. The van der Waals surface area contributed by atoms with Crippen molar-refractivity contribution < 1.29 is 4.39 Å². The molecule has 0 unspecified atom stereocenters. The normalized spacial score (nSPS) is 9.65. The van der Waals surface area contributed by atoms with Crippen LogP contribution in [0.3, 0.4) is 0 Å². The molecule has 0 amide bonds. The molecule has 0 radical (unpaired) electrons. The van der Waals surface area contributed by atoms with Gasteiger partial charge in [-0.1, -0.05) is 18.2 Å². The predicted molar refractivity (Wildman–Crippen MR) is 60.5 cm³/mol. The van der Waals surface area contributed by atoms with Gasteiger partial charge in [-0.05, 0) is 12.1 Å². The summed E-state index contributed by atoms with van der Waals surface area (Å²) in [6.45, 7) is 0.314. The first kappa shape index (κ1) is 11.0. The molecule has 17 heavy (non-hydrogen) atoms. The lowest BCUT2D eigenvalue weighted by atomic mass is 10.2. The number of hydrogen-bond acceptors (Lipinski definition) is 4. The van der Waals surface area contributed by atoms with Crippen LogP contribution >= 0.6 is 0 Å². The van der Waals surface area contributed by atoms with Gasteiger partial charge in [0.15, 0.2) is 0 Å². The van der Waals surface area contributed by atoms with Crippen LogP contribution in [0, 0.1) is 17.1 Å². The van der Waals surface area contributed by atoms with E-state index in [0.29, 0.717) is 17.9 Å². The summed E-state index contributed by atoms with van der Waals surface area (Å²) in [4.78, 5) is 7.67. The SMILES string of the molecule is N#Cc1nccc(NCc2ccccc2F)n1. The van der Waals surface area contributed by atoms with Gasteiger partial charge in [0.25, 0.3) is 0 Å². The second-order valence-electron chi connectivity index (χ2n) is 3.32. The smallest absolute Gasteiger partial charge is 0.234 e. The molecule has 2 aromatic rings. The summed E-state index contributed by atoms with van der Waals surface area (Å²) in [6, 6.07) is 9.96. The summed E-state index contributed by atoms with van der Waals surface area (Å²) < 4.78 is 13.3. The first-order valence-corrected chi connectivity index (χ1v) is 5.00. The van der Waals surface area contributed by atoms with Crippen LogP contribution in [0.25, 0.3) is 0 Å². The summed E-state index contributed by atoms with van der Waals surface area (Å²) in [5.74, 6) is 0.317. The molecule has 1 N–H and O–H groups in total. The fraction of sp³-hybridized carbons (Fsp3) is 0.0833. The van der Waals surface area contributed by atoms with E-state index in [4.69, 9.17) is 5.26 Å². The van der Waals surface area contributed by atoms with Gasteiger partial charge in [-0.3, -0.25) is 0 Å². The lowest BCUT2D eigenvalue weighted by molar-refractivity contribution is 0.613. The van der Waals surface area contributed by atoms with Crippen LogP contribution in [0.4, 0.5) is 10.2 Å². The summed E-state index contributed by atoms with van der Waals surface area (Å²) in [6.07, 6.45) is 1.48. The van der Waals surface area contributed by atoms with Gasteiger partial charge in [0, 0.05) is 18.3 Å². The number of nitrogens with zero attached hydrogens (tertiary/aromatic N) is 3. The molecule has 0 atom stereocenters. The Labute approximate surface area is 97.8 Å². The van der Waals surface area contributed by atoms with Gasteiger partial charge in [0.1, 0.15) is 17.7 Å². The topological polar surface area (TPSA) is 61.6 Å². The zero-order valence-electron chi connectivity index (χ0n) is 8.89. The average molecular weight is 228 g/mol. The van der Waals surface area contributed by atoms with Crippen LogP contribution in [0.5, 0.6) is 0 Å². The summed E-state index contributed by atoms with van der Waals surface area (Å²) in [5, 5.41) is 11.6. The number of benzene rings is 1. The summed E-state index contributed by atoms with van der Waals surface area (Å²) >= 11 is 0. The molecule has 4 nitrogen and oxygen atoms in total. The lowest BCUT2D eigenvalue weighted by Gasteiger charge is -2.06. The zero-order valence-corrected chi connectivity index (χ0v) is 8.89. The Morgan fingerprint density at radius 3 is 2.88 bits per heavy atom. The van der Waals surface area contributed by atoms with Gasteiger partial charge < -0.3 is 5.32 Å². The van der Waals surface area contributed by atoms with E-state index in [2.05, 4.69) is 15.3 Å². The number of anilines is 1. The lowest BCUT2D eigenvalue weighted by Crippen LogP contribution is -2.04. The van der Waals surface area contributed by atoms with Crippen LogP contribution in [-0.2, 0) is 6.54 Å². The Morgan fingerprint density at radius 2 is 2.12 bits per heavy atom. The molecule has 0 aliphatic heterocycles. The molecule has 0 fully saturated rings. The number of halogens is 1. The number of rotatable bonds is 3. The Hall–Kier alpha value is -2.48. The zero-order chi connectivity index (χ0) is 12.1. The van der Waals surface area contributed by atoms with Crippen molar-refractivity contribution in [2.24, 2.45) is 0 Å². The minimum atomic E-state index is -0.269. The largest absolute Gasteiger partial charge is 0.366 e. The third-order valence-corrected chi connectivity index (χ3v) is 2.17. The van der Waals surface area contributed by atoms with Gasteiger partial charge >= 0.3 is 0 Å². The highest BCUT2D eigenvalue weighted by atomic mass is 19.1. The van der Waals surface area contributed by atoms with Crippen molar-refractivity contribution in [1.82, 2.24) is 9.97 Å². The Kier molecular flexibility index (Phi) is 3.26. The fourth-order valence-corrected chi connectivity index (χ4v) is 1.34. The van der Waals surface area contributed by atoms with Crippen molar-refractivity contribution in [2.75, 3.05) is 5.32 Å². The van der Waals surface area contributed by atoms with Crippen LogP contribution in [-0.4, -0.2) is 9.97 Å². The minimum Gasteiger partial charge on any atom is -0.366 e. The highest BCUT2D eigenvalue weighted by molar-refractivity contribution is 5.36. The molecule has 0 bridgehead atoms. The minimum absolute atomic E-state index is 0.0866. The van der Waals surface area contributed by atoms with Crippen molar-refractivity contribution in [3.63, 3.8) is 0 Å². The standard InChI is InChI=1S/C12H9FN4/c13-10-4-2-1-3-9(10)8-16-11-5-6-15-12(7-14)17-11/h1-6H,8H2,(H,15,16,17). The van der Waals surface area contributed by atoms with E-state index in [1.807, 2.05) is 6.07 Å². The van der Waals surface area contributed by atoms with Crippen LogP contribution in [0.2, 0.25) is 0 Å². The maximum Gasteiger partial charge on any atom is 0.234 e. The first-order chi connectivity index (χ1) is 8.29. The van der Waals surface area contributed by atoms with E-state index in [9.17, 15) is 4.39 Å². The molecule has 0 aliphatic carbocycles. The monoisotopic (exact) mass is 228 g/mol. The third-order valence-electron chi connectivity index (χ3n) is 2.17. The molecule has 2 rings (SSSR count). The predicted octanol–water partition coefficient (Wildman–Crippen LogP) is 2.10. The molecule has 0 spiro atoms. The molecule has 84 valence electrons. The Morgan fingerprint density at radius 1 is 1.29 bits per heavy atom. The second kappa shape index (κ2) is 5.03. The summed E-state index contributed by atoms with van der Waals surface area (Å²) in [5.41, 5.74) is 0.546. The van der Waals surface area contributed by atoms with Gasteiger partial charge in [-0.15, -0.1) is 0 Å². The fourth-order valence-electron chi connectivity index (χ4n) is 1.34. The highest BCUT2D eigenvalue weighted by Gasteiger charge is 2.01. The maximum absolute atomic E-state index is 13.3. The molecule has 1 aromatic carbocycles. The van der Waals surface area contributed by atoms with Crippen LogP contribution in [0.15, 0.2) is 36.5 Å². The Bertz CT molecular complexity index is 562. The van der Waals surface area contributed by atoms with Crippen molar-refractivity contribution >= 4 is 5.82 Å². The molecular weight excluding hydrogens is 219 g/mol. The number of nitrogens with one attached hydrogen (secondary N) is 1. The third kappa shape index (κ3) is 2.75. The van der Waals surface area contributed by atoms with Crippen LogP contribution < -0.4 is 5.32 Å². The van der Waals surface area contributed by atoms with Crippen molar-refractivity contribution in [3.8, 4) is 6.07 Å². The summed E-state index contributed by atoms with van der Waals surface area (Å²) in [7, 11) is 0. The molecule has 0 saturated heterocycles. The number of aromatic nitrogens is 2. The van der Waals surface area contributed by atoms with Crippen molar-refractivity contribution in [3.05, 3.63) is 53.7 Å². The quantitative estimate of drug-likeness (QED) is 0.873. The van der Waals surface area contributed by atoms with E-state index in [1.165, 1.54) is 12.3 Å². The van der Waals surface area contributed by atoms with E-state index in [0.717, 1.165) is 0 Å². The molecule has 5 heteroatoms. The van der Waals surface area contributed by atoms with Crippen LogP contribution in [0.1, 0.15) is 11.4 Å². The highest BCUT2D eigenvalue weighted by Crippen LogP contribution is 2.09. The van der Waals surface area contributed by atoms with Gasteiger partial charge in [-0.2, -0.15) is 5.26 Å². The first-order valence-electron chi connectivity index (χ1n) is 5.00.